The summed E-state index contributed by atoms with van der Waals surface area (Å²) in [6, 6.07) is 11.1. The van der Waals surface area contributed by atoms with Crippen molar-refractivity contribution in [2.45, 2.75) is 31.7 Å². The zero-order chi connectivity index (χ0) is 12.2. The Balaban J connectivity index is 1.60. The Morgan fingerprint density at radius 2 is 2.17 bits per heavy atom. The molecule has 0 radical (unpaired) electrons. The molecule has 1 aliphatic carbocycles. The van der Waals surface area contributed by atoms with Gasteiger partial charge < -0.3 is 5.32 Å². The fraction of sp³-hybridized carbons (Fsp3) is 0.375. The van der Waals surface area contributed by atoms with Crippen LogP contribution in [0, 0.1) is 0 Å². The molecular formula is C16H19NS. The van der Waals surface area contributed by atoms with Gasteiger partial charge in [0, 0.05) is 13.1 Å². The number of benzene rings is 1. The molecule has 1 heterocycles. The van der Waals surface area contributed by atoms with Gasteiger partial charge in [0.05, 0.1) is 0 Å². The summed E-state index contributed by atoms with van der Waals surface area (Å²) in [5, 5.41) is 7.97. The molecule has 18 heavy (non-hydrogen) atoms. The van der Waals surface area contributed by atoms with Gasteiger partial charge in [0.15, 0.2) is 0 Å². The Kier molecular flexibility index (Phi) is 3.77. The minimum absolute atomic E-state index is 0.702. The first kappa shape index (κ1) is 11.9. The third kappa shape index (κ3) is 2.65. The smallest absolute Gasteiger partial charge is 0.0213 e. The van der Waals surface area contributed by atoms with E-state index in [2.05, 4.69) is 46.4 Å². The number of thiophene rings is 1. The van der Waals surface area contributed by atoms with Crippen molar-refractivity contribution in [3.8, 4) is 0 Å². The highest BCUT2D eigenvalue weighted by Gasteiger charge is 2.18. The molecule has 0 aliphatic heterocycles. The fourth-order valence-corrected chi connectivity index (χ4v) is 3.52. The first-order chi connectivity index (χ1) is 8.93. The van der Waals surface area contributed by atoms with Gasteiger partial charge in [-0.1, -0.05) is 24.3 Å². The summed E-state index contributed by atoms with van der Waals surface area (Å²) < 4.78 is 0. The van der Waals surface area contributed by atoms with E-state index in [-0.39, 0.29) is 0 Å². The molecule has 1 N–H and O–H groups in total. The van der Waals surface area contributed by atoms with Crippen LogP contribution < -0.4 is 5.32 Å². The van der Waals surface area contributed by atoms with E-state index in [0.29, 0.717) is 5.92 Å². The lowest BCUT2D eigenvalue weighted by Gasteiger charge is -2.25. The van der Waals surface area contributed by atoms with Crippen LogP contribution in [0.15, 0.2) is 41.1 Å². The van der Waals surface area contributed by atoms with Crippen LogP contribution in [-0.2, 0) is 13.0 Å². The summed E-state index contributed by atoms with van der Waals surface area (Å²) >= 11 is 1.77. The van der Waals surface area contributed by atoms with Gasteiger partial charge in [-0.2, -0.15) is 11.3 Å². The van der Waals surface area contributed by atoms with E-state index in [4.69, 9.17) is 0 Å². The van der Waals surface area contributed by atoms with E-state index in [1.165, 1.54) is 24.8 Å². The lowest BCUT2D eigenvalue weighted by molar-refractivity contribution is 0.507. The maximum Gasteiger partial charge on any atom is 0.0213 e. The lowest BCUT2D eigenvalue weighted by Crippen LogP contribution is -2.23. The highest BCUT2D eigenvalue weighted by molar-refractivity contribution is 7.07. The first-order valence-corrected chi connectivity index (χ1v) is 7.67. The molecule has 1 aromatic heterocycles. The molecule has 2 heteroatoms. The van der Waals surface area contributed by atoms with Crippen LogP contribution in [-0.4, -0.2) is 6.54 Å². The van der Waals surface area contributed by atoms with Crippen molar-refractivity contribution < 1.29 is 0 Å². The predicted molar refractivity (Wildman–Crippen MR) is 78.1 cm³/mol. The summed E-state index contributed by atoms with van der Waals surface area (Å²) in [7, 11) is 0. The van der Waals surface area contributed by atoms with Crippen LogP contribution in [0.2, 0.25) is 0 Å². The van der Waals surface area contributed by atoms with Crippen LogP contribution in [0.1, 0.15) is 35.4 Å². The fourth-order valence-electron chi connectivity index (χ4n) is 2.85. The van der Waals surface area contributed by atoms with Gasteiger partial charge >= 0.3 is 0 Å². The minimum atomic E-state index is 0.702. The SMILES string of the molecule is c1ccc2c(c1)CCCC2CNCc1ccsc1. The third-order valence-corrected chi connectivity index (χ3v) is 4.53. The standard InChI is InChI=1S/C16H19NS/c1-2-7-16-14(4-1)5-3-6-15(16)11-17-10-13-8-9-18-12-13/h1-2,4,7-9,12,15,17H,3,5-6,10-11H2. The van der Waals surface area contributed by atoms with Gasteiger partial charge in [-0.25, -0.2) is 0 Å². The molecule has 1 unspecified atom stereocenters. The Labute approximate surface area is 113 Å². The monoisotopic (exact) mass is 257 g/mol. The number of hydrogen-bond donors (Lipinski definition) is 1. The van der Waals surface area contributed by atoms with E-state index in [1.807, 2.05) is 0 Å². The Hall–Kier alpha value is -1.12. The molecule has 0 amide bonds. The van der Waals surface area contributed by atoms with Gasteiger partial charge in [0.1, 0.15) is 0 Å². The zero-order valence-electron chi connectivity index (χ0n) is 10.6. The van der Waals surface area contributed by atoms with Crippen molar-refractivity contribution >= 4 is 11.3 Å². The molecule has 94 valence electrons. The Bertz CT molecular complexity index is 490. The van der Waals surface area contributed by atoms with Gasteiger partial charge in [0.25, 0.3) is 0 Å². The summed E-state index contributed by atoms with van der Waals surface area (Å²) in [6.07, 6.45) is 3.92. The van der Waals surface area contributed by atoms with Crippen LogP contribution in [0.25, 0.3) is 0 Å². The Morgan fingerprint density at radius 3 is 3.06 bits per heavy atom. The number of nitrogens with one attached hydrogen (secondary N) is 1. The van der Waals surface area contributed by atoms with Crippen LogP contribution in [0.5, 0.6) is 0 Å². The molecule has 1 nitrogen and oxygen atoms in total. The molecule has 1 atom stereocenters. The molecule has 1 aliphatic rings. The predicted octanol–water partition coefficient (Wildman–Crippen LogP) is 3.96. The van der Waals surface area contributed by atoms with E-state index in [9.17, 15) is 0 Å². The topological polar surface area (TPSA) is 12.0 Å². The molecule has 0 spiro atoms. The molecule has 0 saturated heterocycles. The van der Waals surface area contributed by atoms with Gasteiger partial charge in [-0.15, -0.1) is 0 Å². The van der Waals surface area contributed by atoms with Crippen molar-refractivity contribution in [1.82, 2.24) is 5.32 Å². The third-order valence-electron chi connectivity index (χ3n) is 3.79. The molecule has 0 fully saturated rings. The number of fused-ring (bicyclic) bond motifs is 1. The van der Waals surface area contributed by atoms with Crippen molar-refractivity contribution in [3.63, 3.8) is 0 Å². The highest BCUT2D eigenvalue weighted by atomic mass is 32.1. The van der Waals surface area contributed by atoms with E-state index in [1.54, 1.807) is 22.5 Å². The molecule has 1 aromatic carbocycles. The van der Waals surface area contributed by atoms with E-state index >= 15 is 0 Å². The van der Waals surface area contributed by atoms with Crippen molar-refractivity contribution in [2.24, 2.45) is 0 Å². The highest BCUT2D eigenvalue weighted by Crippen LogP contribution is 2.30. The number of hydrogen-bond acceptors (Lipinski definition) is 2. The maximum absolute atomic E-state index is 3.61. The number of rotatable bonds is 4. The molecule has 0 bridgehead atoms. The largest absolute Gasteiger partial charge is 0.312 e. The van der Waals surface area contributed by atoms with E-state index in [0.717, 1.165) is 13.1 Å². The molecule has 0 saturated carbocycles. The number of aryl methyl sites for hydroxylation is 1. The average Bonchev–Trinajstić information content (AvgIpc) is 2.92. The second-order valence-corrected chi connectivity index (χ2v) is 5.83. The quantitative estimate of drug-likeness (QED) is 0.874. The Morgan fingerprint density at radius 1 is 1.22 bits per heavy atom. The summed E-state index contributed by atoms with van der Waals surface area (Å²) in [5.74, 6) is 0.702. The van der Waals surface area contributed by atoms with Crippen molar-refractivity contribution in [1.29, 1.82) is 0 Å². The van der Waals surface area contributed by atoms with Crippen LogP contribution >= 0.6 is 11.3 Å². The van der Waals surface area contributed by atoms with Gasteiger partial charge in [0.2, 0.25) is 0 Å². The van der Waals surface area contributed by atoms with Gasteiger partial charge in [-0.3, -0.25) is 0 Å². The van der Waals surface area contributed by atoms with Crippen molar-refractivity contribution in [2.75, 3.05) is 6.54 Å². The summed E-state index contributed by atoms with van der Waals surface area (Å²) in [6.45, 7) is 2.11. The van der Waals surface area contributed by atoms with Gasteiger partial charge in [-0.05, 0) is 58.7 Å². The lowest BCUT2D eigenvalue weighted by atomic mass is 9.83. The molecular weight excluding hydrogens is 238 g/mol. The van der Waals surface area contributed by atoms with Crippen molar-refractivity contribution in [3.05, 3.63) is 57.8 Å². The maximum atomic E-state index is 3.61. The van der Waals surface area contributed by atoms with Crippen LogP contribution in [0.3, 0.4) is 0 Å². The molecule has 3 rings (SSSR count). The summed E-state index contributed by atoms with van der Waals surface area (Å²) in [5.41, 5.74) is 4.54. The zero-order valence-corrected chi connectivity index (χ0v) is 11.4. The second-order valence-electron chi connectivity index (χ2n) is 5.05. The van der Waals surface area contributed by atoms with Crippen LogP contribution in [0.4, 0.5) is 0 Å². The molecule has 2 aromatic rings. The average molecular weight is 257 g/mol. The summed E-state index contributed by atoms with van der Waals surface area (Å²) in [4.78, 5) is 0. The normalized spacial score (nSPS) is 18.6. The first-order valence-electron chi connectivity index (χ1n) is 6.73. The minimum Gasteiger partial charge on any atom is -0.312 e. The second kappa shape index (κ2) is 5.68. The van der Waals surface area contributed by atoms with E-state index < -0.39 is 0 Å².